The van der Waals surface area contributed by atoms with E-state index in [4.69, 9.17) is 9.47 Å². The van der Waals surface area contributed by atoms with Gasteiger partial charge in [-0.1, -0.05) is 5.92 Å². The summed E-state index contributed by atoms with van der Waals surface area (Å²) in [4.78, 5) is 19.7. The largest absolute Gasteiger partial charge is 0.480 e. The normalized spacial score (nSPS) is 13.3. The second-order valence-corrected chi connectivity index (χ2v) is 3.77. The second kappa shape index (κ2) is 5.88. The summed E-state index contributed by atoms with van der Waals surface area (Å²) in [6.45, 7) is 0. The van der Waals surface area contributed by atoms with Gasteiger partial charge in [0.05, 0.1) is 14.2 Å². The van der Waals surface area contributed by atoms with Crippen molar-refractivity contribution >= 4 is 5.78 Å². The Morgan fingerprint density at radius 3 is 2.68 bits per heavy atom. The molecule has 1 aliphatic carbocycles. The third-order valence-electron chi connectivity index (χ3n) is 2.47. The van der Waals surface area contributed by atoms with E-state index in [9.17, 15) is 4.79 Å². The van der Waals surface area contributed by atoms with Gasteiger partial charge in [0.2, 0.25) is 11.7 Å². The van der Waals surface area contributed by atoms with E-state index in [2.05, 4.69) is 33.6 Å². The van der Waals surface area contributed by atoms with Gasteiger partial charge in [-0.05, 0) is 24.2 Å². The van der Waals surface area contributed by atoms with Gasteiger partial charge in [-0.2, -0.15) is 9.97 Å². The number of Topliss-reactive ketones (excluding diaryl/α,β-unsaturated/α-hetero) is 1. The van der Waals surface area contributed by atoms with Gasteiger partial charge in [0, 0.05) is 12.8 Å². The minimum atomic E-state index is -0.118. The Kier molecular flexibility index (Phi) is 4.00. The second-order valence-electron chi connectivity index (χ2n) is 3.77. The fraction of sp³-hybridized carbons (Fsp3) is 0.357. The average Bonchev–Trinajstić information content (AvgIpc) is 2.44. The lowest BCUT2D eigenvalue weighted by Gasteiger charge is -2.06. The molecule has 0 amide bonds. The van der Waals surface area contributed by atoms with Crippen LogP contribution in [0.25, 0.3) is 0 Å². The first-order chi connectivity index (χ1) is 9.24. The van der Waals surface area contributed by atoms with Gasteiger partial charge in [0.15, 0.2) is 0 Å². The molecule has 19 heavy (non-hydrogen) atoms. The van der Waals surface area contributed by atoms with Crippen molar-refractivity contribution in [3.63, 3.8) is 0 Å². The molecule has 96 valence electrons. The van der Waals surface area contributed by atoms with Crippen molar-refractivity contribution in [2.75, 3.05) is 14.2 Å². The number of methoxy groups -OCH3 is 2. The smallest absolute Gasteiger partial charge is 0.320 e. The highest BCUT2D eigenvalue weighted by Crippen LogP contribution is 2.20. The Balaban J connectivity index is 2.62. The maximum absolute atomic E-state index is 11.5. The van der Waals surface area contributed by atoms with Crippen LogP contribution < -0.4 is 9.47 Å². The number of rotatable bonds is 2. The predicted molar refractivity (Wildman–Crippen MR) is 67.8 cm³/mol. The molecule has 0 fully saturated rings. The van der Waals surface area contributed by atoms with E-state index >= 15 is 0 Å². The van der Waals surface area contributed by atoms with Gasteiger partial charge in [-0.25, -0.2) is 0 Å². The maximum Gasteiger partial charge on any atom is 0.320 e. The number of aromatic nitrogens is 2. The molecule has 0 spiro atoms. The van der Waals surface area contributed by atoms with Crippen molar-refractivity contribution in [1.29, 1.82) is 0 Å². The lowest BCUT2D eigenvalue weighted by atomic mass is 10.1. The highest BCUT2D eigenvalue weighted by Gasteiger charge is 2.13. The molecule has 0 bridgehead atoms. The summed E-state index contributed by atoms with van der Waals surface area (Å²) in [5, 5.41) is 0. The van der Waals surface area contributed by atoms with Crippen LogP contribution in [0.4, 0.5) is 0 Å². The highest BCUT2D eigenvalue weighted by atomic mass is 16.5. The van der Waals surface area contributed by atoms with Crippen LogP contribution in [-0.2, 0) is 4.79 Å². The zero-order valence-electron chi connectivity index (χ0n) is 10.7. The Bertz CT molecular complexity index is 630. The van der Waals surface area contributed by atoms with Crippen molar-refractivity contribution in [2.24, 2.45) is 0 Å². The zero-order valence-corrected chi connectivity index (χ0v) is 10.7. The topological polar surface area (TPSA) is 61.3 Å². The van der Waals surface area contributed by atoms with Crippen LogP contribution in [0.3, 0.4) is 0 Å². The fourth-order valence-electron chi connectivity index (χ4n) is 1.54. The van der Waals surface area contributed by atoms with E-state index in [1.165, 1.54) is 14.2 Å². The summed E-state index contributed by atoms with van der Waals surface area (Å²) >= 11 is 0. The molecule has 1 aromatic heterocycles. The summed E-state index contributed by atoms with van der Waals surface area (Å²) in [6.07, 6.45) is 1.74. The number of ketones is 1. The minimum absolute atomic E-state index is 0.118. The third-order valence-corrected chi connectivity index (χ3v) is 2.47. The number of hydrogen-bond donors (Lipinski definition) is 0. The highest BCUT2D eigenvalue weighted by molar-refractivity contribution is 5.96. The SMILES string of the molecule is COc1nc2c(c(OC)n1)C#CC(=O)CCCC#C2. The predicted octanol–water partition coefficient (Wildman–Crippen LogP) is 0.950. The number of nitrogens with zero attached hydrogens (tertiary/aromatic N) is 2. The lowest BCUT2D eigenvalue weighted by Crippen LogP contribution is -2.03. The van der Waals surface area contributed by atoms with Crippen LogP contribution in [0, 0.1) is 23.7 Å². The number of carbonyl (C=O) groups excluding carboxylic acids is 1. The minimum Gasteiger partial charge on any atom is -0.480 e. The van der Waals surface area contributed by atoms with Crippen molar-refractivity contribution in [2.45, 2.75) is 19.3 Å². The first-order valence-electron chi connectivity index (χ1n) is 5.78. The number of fused-ring (bicyclic) bond motifs is 1. The monoisotopic (exact) mass is 256 g/mol. The van der Waals surface area contributed by atoms with Crippen molar-refractivity contribution in [3.8, 4) is 35.6 Å². The summed E-state index contributed by atoms with van der Waals surface area (Å²) in [5.74, 6) is 11.3. The molecule has 1 heterocycles. The molecular formula is C14H12N2O3. The van der Waals surface area contributed by atoms with Gasteiger partial charge in [-0.15, -0.1) is 0 Å². The molecule has 0 N–H and O–H groups in total. The zero-order chi connectivity index (χ0) is 13.7. The van der Waals surface area contributed by atoms with Gasteiger partial charge < -0.3 is 9.47 Å². The van der Waals surface area contributed by atoms with Gasteiger partial charge in [0.1, 0.15) is 11.3 Å². The van der Waals surface area contributed by atoms with Gasteiger partial charge in [-0.3, -0.25) is 4.79 Å². The van der Waals surface area contributed by atoms with Crippen LogP contribution in [0.15, 0.2) is 0 Å². The molecule has 5 heteroatoms. The Hall–Kier alpha value is -2.53. The summed E-state index contributed by atoms with van der Waals surface area (Å²) in [5.41, 5.74) is 0.844. The summed E-state index contributed by atoms with van der Waals surface area (Å²) < 4.78 is 10.1. The summed E-state index contributed by atoms with van der Waals surface area (Å²) in [6, 6.07) is 0.162. The van der Waals surface area contributed by atoms with Crippen LogP contribution in [0.2, 0.25) is 0 Å². The average molecular weight is 256 g/mol. The third kappa shape index (κ3) is 3.02. The van der Waals surface area contributed by atoms with E-state index in [0.29, 0.717) is 30.5 Å². The molecule has 2 rings (SSSR count). The van der Waals surface area contributed by atoms with E-state index < -0.39 is 0 Å². The molecule has 5 nitrogen and oxygen atoms in total. The van der Waals surface area contributed by atoms with Gasteiger partial charge in [0.25, 0.3) is 0 Å². The maximum atomic E-state index is 11.5. The number of carbonyl (C=O) groups is 1. The standard InChI is InChI=1S/C14H12N2O3/c1-18-13-11-9-8-10(17)6-4-3-5-7-12(11)15-14(16-13)19-2/h3-4,6H2,1-2H3. The van der Waals surface area contributed by atoms with Crippen molar-refractivity contribution in [3.05, 3.63) is 11.3 Å². The number of hydrogen-bond acceptors (Lipinski definition) is 5. The molecular weight excluding hydrogens is 244 g/mol. The molecule has 0 saturated carbocycles. The van der Waals surface area contributed by atoms with E-state index in [1.54, 1.807) is 0 Å². The summed E-state index contributed by atoms with van der Waals surface area (Å²) in [7, 11) is 2.93. The van der Waals surface area contributed by atoms with Gasteiger partial charge >= 0.3 is 6.01 Å². The van der Waals surface area contributed by atoms with E-state index in [-0.39, 0.29) is 17.7 Å². The fourth-order valence-corrected chi connectivity index (χ4v) is 1.54. The number of ether oxygens (including phenoxy) is 2. The van der Waals surface area contributed by atoms with Crippen LogP contribution in [0.5, 0.6) is 11.9 Å². The molecule has 0 atom stereocenters. The molecule has 1 aliphatic rings. The van der Waals surface area contributed by atoms with Crippen molar-refractivity contribution < 1.29 is 14.3 Å². The molecule has 0 unspecified atom stereocenters. The first-order valence-corrected chi connectivity index (χ1v) is 5.78. The lowest BCUT2D eigenvalue weighted by molar-refractivity contribution is -0.113. The molecule has 0 aromatic carbocycles. The van der Waals surface area contributed by atoms with Crippen LogP contribution >= 0.6 is 0 Å². The van der Waals surface area contributed by atoms with E-state index in [0.717, 1.165) is 0 Å². The molecule has 0 aliphatic heterocycles. The molecule has 0 saturated heterocycles. The van der Waals surface area contributed by atoms with Crippen molar-refractivity contribution in [1.82, 2.24) is 9.97 Å². The molecule has 1 aromatic rings. The first kappa shape index (κ1) is 12.9. The Morgan fingerprint density at radius 2 is 1.95 bits per heavy atom. The molecule has 0 radical (unpaired) electrons. The van der Waals surface area contributed by atoms with Crippen LogP contribution in [0.1, 0.15) is 30.5 Å². The van der Waals surface area contributed by atoms with E-state index in [1.807, 2.05) is 0 Å². The Labute approximate surface area is 111 Å². The Morgan fingerprint density at radius 1 is 1.11 bits per heavy atom. The quantitative estimate of drug-likeness (QED) is 0.737. The van der Waals surface area contributed by atoms with Crippen LogP contribution in [-0.4, -0.2) is 30.0 Å².